The molecule has 0 saturated heterocycles. The standard InChI is InChI=1S/C17H12FN3O2/c1-3-8-19-16(22)12-9-14(11-6-4-5-7-13(11)18)20-17-15(12)10(2)21-23-17/h1,4-7,9H,8H2,2H3,(H,19,22). The third kappa shape index (κ3) is 2.64. The summed E-state index contributed by atoms with van der Waals surface area (Å²) in [7, 11) is 0. The number of pyridine rings is 1. The second kappa shape index (κ2) is 5.89. The Bertz CT molecular complexity index is 941. The first-order valence-corrected chi connectivity index (χ1v) is 6.85. The average molecular weight is 309 g/mol. The van der Waals surface area contributed by atoms with Gasteiger partial charge in [0.05, 0.1) is 28.9 Å². The summed E-state index contributed by atoms with van der Waals surface area (Å²) in [4.78, 5) is 16.6. The molecule has 0 spiro atoms. The topological polar surface area (TPSA) is 68.0 Å². The van der Waals surface area contributed by atoms with Crippen molar-refractivity contribution in [1.29, 1.82) is 0 Å². The van der Waals surface area contributed by atoms with E-state index in [0.717, 1.165) is 0 Å². The lowest BCUT2D eigenvalue weighted by molar-refractivity contribution is 0.0960. The predicted molar refractivity (Wildman–Crippen MR) is 83.1 cm³/mol. The van der Waals surface area contributed by atoms with Crippen LogP contribution in [-0.4, -0.2) is 22.6 Å². The van der Waals surface area contributed by atoms with Crippen LogP contribution in [0.5, 0.6) is 0 Å². The van der Waals surface area contributed by atoms with Crippen molar-refractivity contribution in [2.45, 2.75) is 6.92 Å². The molecule has 0 unspecified atom stereocenters. The van der Waals surface area contributed by atoms with E-state index >= 15 is 0 Å². The summed E-state index contributed by atoms with van der Waals surface area (Å²) in [6.45, 7) is 1.79. The molecule has 0 radical (unpaired) electrons. The van der Waals surface area contributed by atoms with Crippen molar-refractivity contribution in [3.05, 3.63) is 47.4 Å². The molecule has 3 rings (SSSR count). The number of terminal acetylenes is 1. The first-order chi connectivity index (χ1) is 11.1. The molecule has 2 heterocycles. The molecule has 5 nitrogen and oxygen atoms in total. The van der Waals surface area contributed by atoms with Gasteiger partial charge in [0.1, 0.15) is 5.82 Å². The fourth-order valence-electron chi connectivity index (χ4n) is 2.31. The summed E-state index contributed by atoms with van der Waals surface area (Å²) in [5.41, 5.74) is 1.56. The van der Waals surface area contributed by atoms with Gasteiger partial charge in [-0.25, -0.2) is 9.37 Å². The fourth-order valence-corrected chi connectivity index (χ4v) is 2.31. The monoisotopic (exact) mass is 309 g/mol. The molecule has 2 aromatic heterocycles. The van der Waals surface area contributed by atoms with E-state index in [1.807, 2.05) is 0 Å². The highest BCUT2D eigenvalue weighted by Crippen LogP contribution is 2.28. The third-order valence-electron chi connectivity index (χ3n) is 3.36. The maximum absolute atomic E-state index is 14.0. The number of carbonyl (C=O) groups is 1. The highest BCUT2D eigenvalue weighted by atomic mass is 19.1. The van der Waals surface area contributed by atoms with Crippen LogP contribution in [0.1, 0.15) is 16.1 Å². The molecule has 0 bridgehead atoms. The van der Waals surface area contributed by atoms with Crippen molar-refractivity contribution in [3.63, 3.8) is 0 Å². The number of rotatable bonds is 3. The molecule has 23 heavy (non-hydrogen) atoms. The number of aromatic nitrogens is 2. The Kier molecular flexibility index (Phi) is 3.77. The molecule has 1 N–H and O–H groups in total. The molecule has 1 aromatic carbocycles. The van der Waals surface area contributed by atoms with E-state index in [4.69, 9.17) is 10.9 Å². The van der Waals surface area contributed by atoms with Gasteiger partial charge in [0.15, 0.2) is 0 Å². The SMILES string of the molecule is C#CCNC(=O)c1cc(-c2ccccc2F)nc2onc(C)c12. The molecular formula is C17H12FN3O2. The van der Waals surface area contributed by atoms with Crippen molar-refractivity contribution in [2.75, 3.05) is 6.54 Å². The van der Waals surface area contributed by atoms with Crippen molar-refractivity contribution in [3.8, 4) is 23.6 Å². The molecule has 6 heteroatoms. The molecule has 114 valence electrons. The summed E-state index contributed by atoms with van der Waals surface area (Å²) < 4.78 is 19.1. The summed E-state index contributed by atoms with van der Waals surface area (Å²) in [5, 5.41) is 6.90. The van der Waals surface area contributed by atoms with Gasteiger partial charge in [0.2, 0.25) is 0 Å². The van der Waals surface area contributed by atoms with Gasteiger partial charge in [0, 0.05) is 5.56 Å². The van der Waals surface area contributed by atoms with Crippen molar-refractivity contribution >= 4 is 17.0 Å². The lowest BCUT2D eigenvalue weighted by atomic mass is 10.0. The van der Waals surface area contributed by atoms with Crippen molar-refractivity contribution < 1.29 is 13.7 Å². The van der Waals surface area contributed by atoms with Crippen LogP contribution in [0.3, 0.4) is 0 Å². The van der Waals surface area contributed by atoms with Crippen LogP contribution in [-0.2, 0) is 0 Å². The first-order valence-electron chi connectivity index (χ1n) is 6.85. The van der Waals surface area contributed by atoms with Gasteiger partial charge in [-0.2, -0.15) is 0 Å². The van der Waals surface area contributed by atoms with E-state index in [1.54, 1.807) is 25.1 Å². The predicted octanol–water partition coefficient (Wildman–Crippen LogP) is 2.70. The number of nitrogens with zero attached hydrogens (tertiary/aromatic N) is 2. The number of hydrogen-bond donors (Lipinski definition) is 1. The zero-order chi connectivity index (χ0) is 16.4. The van der Waals surface area contributed by atoms with Crippen LogP contribution in [0.25, 0.3) is 22.4 Å². The quantitative estimate of drug-likeness (QED) is 0.755. The Balaban J connectivity index is 2.21. The van der Waals surface area contributed by atoms with Crippen LogP contribution in [0.15, 0.2) is 34.9 Å². The van der Waals surface area contributed by atoms with Crippen molar-refractivity contribution in [1.82, 2.24) is 15.5 Å². The van der Waals surface area contributed by atoms with Crippen LogP contribution >= 0.6 is 0 Å². The van der Waals surface area contributed by atoms with Gasteiger partial charge in [-0.3, -0.25) is 4.79 Å². The lowest BCUT2D eigenvalue weighted by Crippen LogP contribution is -2.24. The summed E-state index contributed by atoms with van der Waals surface area (Å²) in [6.07, 6.45) is 5.16. The smallest absolute Gasteiger partial charge is 0.259 e. The number of amides is 1. The highest BCUT2D eigenvalue weighted by molar-refractivity contribution is 6.07. The van der Waals surface area contributed by atoms with Gasteiger partial charge in [-0.15, -0.1) is 6.42 Å². The first kappa shape index (κ1) is 14.7. The normalized spacial score (nSPS) is 10.5. The number of halogens is 1. The number of hydrogen-bond acceptors (Lipinski definition) is 4. The average Bonchev–Trinajstić information content (AvgIpc) is 2.93. The van der Waals surface area contributed by atoms with E-state index in [0.29, 0.717) is 16.6 Å². The number of aryl methyl sites for hydroxylation is 1. The Morgan fingerprint density at radius 3 is 2.96 bits per heavy atom. The van der Waals surface area contributed by atoms with Crippen LogP contribution in [0, 0.1) is 25.1 Å². The largest absolute Gasteiger partial charge is 0.341 e. The van der Waals surface area contributed by atoms with Gasteiger partial charge < -0.3 is 9.84 Å². The fraction of sp³-hybridized carbons (Fsp3) is 0.118. The maximum Gasteiger partial charge on any atom is 0.259 e. The van der Waals surface area contributed by atoms with Crippen LogP contribution < -0.4 is 5.32 Å². The van der Waals surface area contributed by atoms with E-state index in [1.165, 1.54) is 12.1 Å². The molecule has 0 saturated carbocycles. The lowest BCUT2D eigenvalue weighted by Gasteiger charge is -2.07. The molecule has 0 aliphatic rings. The Morgan fingerprint density at radius 1 is 1.43 bits per heavy atom. The number of carbonyl (C=O) groups excluding carboxylic acids is 1. The van der Waals surface area contributed by atoms with Gasteiger partial charge in [-0.1, -0.05) is 23.2 Å². The summed E-state index contributed by atoms with van der Waals surface area (Å²) in [5.74, 6) is 1.50. The van der Waals surface area contributed by atoms with Crippen molar-refractivity contribution in [2.24, 2.45) is 0 Å². The minimum atomic E-state index is -0.439. The Labute approximate surface area is 131 Å². The second-order valence-corrected chi connectivity index (χ2v) is 4.87. The van der Waals surface area contributed by atoms with Gasteiger partial charge in [0.25, 0.3) is 11.6 Å². The highest BCUT2D eigenvalue weighted by Gasteiger charge is 2.19. The molecule has 0 aliphatic heterocycles. The summed E-state index contributed by atoms with van der Waals surface area (Å²) in [6, 6.07) is 7.68. The number of benzene rings is 1. The third-order valence-corrected chi connectivity index (χ3v) is 3.36. The molecule has 1 amide bonds. The molecule has 0 aliphatic carbocycles. The Hall–Kier alpha value is -3.20. The molecule has 3 aromatic rings. The van der Waals surface area contributed by atoms with Crippen LogP contribution in [0.4, 0.5) is 4.39 Å². The zero-order valence-electron chi connectivity index (χ0n) is 12.3. The maximum atomic E-state index is 14.0. The summed E-state index contributed by atoms with van der Waals surface area (Å²) >= 11 is 0. The van der Waals surface area contributed by atoms with E-state index in [9.17, 15) is 9.18 Å². The molecular weight excluding hydrogens is 297 g/mol. The minimum Gasteiger partial charge on any atom is -0.341 e. The van der Waals surface area contributed by atoms with Gasteiger partial charge in [-0.05, 0) is 25.1 Å². The zero-order valence-corrected chi connectivity index (χ0v) is 12.3. The second-order valence-electron chi connectivity index (χ2n) is 4.87. The Morgan fingerprint density at radius 2 is 2.22 bits per heavy atom. The number of fused-ring (bicyclic) bond motifs is 1. The van der Waals surface area contributed by atoms with E-state index in [-0.39, 0.29) is 29.4 Å². The van der Waals surface area contributed by atoms with E-state index in [2.05, 4.69) is 21.4 Å². The minimum absolute atomic E-state index is 0.0853. The van der Waals surface area contributed by atoms with E-state index < -0.39 is 5.82 Å². The molecule has 0 atom stereocenters. The molecule has 0 fully saturated rings. The van der Waals surface area contributed by atoms with Gasteiger partial charge >= 0.3 is 0 Å². The number of nitrogens with one attached hydrogen (secondary N) is 1. The van der Waals surface area contributed by atoms with Crippen LogP contribution in [0.2, 0.25) is 0 Å².